The highest BCUT2D eigenvalue weighted by atomic mass is 19.4. The molecule has 2 rings (SSSR count). The summed E-state index contributed by atoms with van der Waals surface area (Å²) in [6.07, 6.45) is 1.12. The summed E-state index contributed by atoms with van der Waals surface area (Å²) < 4.78 is 38.2. The lowest BCUT2D eigenvalue weighted by molar-refractivity contribution is -0.137. The third kappa shape index (κ3) is 3.98. The highest BCUT2D eigenvalue weighted by molar-refractivity contribution is 5.26. The molecule has 1 atom stereocenters. The van der Waals surface area contributed by atoms with E-state index < -0.39 is 11.7 Å². The highest BCUT2D eigenvalue weighted by Gasteiger charge is 2.31. The van der Waals surface area contributed by atoms with Crippen LogP contribution in [-0.4, -0.2) is 12.6 Å². The molecule has 0 heterocycles. The molecule has 20 heavy (non-hydrogen) atoms. The van der Waals surface area contributed by atoms with E-state index >= 15 is 0 Å². The second-order valence-electron chi connectivity index (χ2n) is 5.65. The fourth-order valence-corrected chi connectivity index (χ4v) is 2.71. The smallest absolute Gasteiger partial charge is 0.313 e. The van der Waals surface area contributed by atoms with Gasteiger partial charge in [-0.25, -0.2) is 0 Å². The highest BCUT2D eigenvalue weighted by Crippen LogP contribution is 2.33. The summed E-state index contributed by atoms with van der Waals surface area (Å²) in [6, 6.07) is 6.05. The first-order chi connectivity index (χ1) is 9.50. The quantitative estimate of drug-likeness (QED) is 0.816. The second-order valence-corrected chi connectivity index (χ2v) is 5.65. The van der Waals surface area contributed by atoms with Crippen LogP contribution in [0.3, 0.4) is 0 Å². The number of hydrogen-bond donors (Lipinski definition) is 1. The monoisotopic (exact) mass is 285 g/mol. The van der Waals surface area contributed by atoms with Crippen molar-refractivity contribution < 1.29 is 13.2 Å². The van der Waals surface area contributed by atoms with Crippen LogP contribution in [0.2, 0.25) is 0 Å². The number of alkyl halides is 3. The van der Waals surface area contributed by atoms with Crippen molar-refractivity contribution in [1.29, 1.82) is 0 Å². The fourth-order valence-electron chi connectivity index (χ4n) is 2.71. The van der Waals surface area contributed by atoms with Gasteiger partial charge in [0.15, 0.2) is 0 Å². The van der Waals surface area contributed by atoms with Gasteiger partial charge in [-0.1, -0.05) is 31.5 Å². The van der Waals surface area contributed by atoms with E-state index in [0.717, 1.165) is 24.6 Å². The summed E-state index contributed by atoms with van der Waals surface area (Å²) in [7, 11) is 0. The molecule has 1 aromatic carbocycles. The molecule has 1 fully saturated rings. The molecule has 0 bridgehead atoms. The Labute approximate surface area is 118 Å². The van der Waals surface area contributed by atoms with Gasteiger partial charge in [-0.05, 0) is 49.8 Å². The topological polar surface area (TPSA) is 12.0 Å². The van der Waals surface area contributed by atoms with Gasteiger partial charge in [0, 0.05) is 6.04 Å². The van der Waals surface area contributed by atoms with Crippen LogP contribution in [0.25, 0.3) is 0 Å². The van der Waals surface area contributed by atoms with Gasteiger partial charge in [0.25, 0.3) is 0 Å². The normalized spacial score (nSPS) is 17.8. The Morgan fingerprint density at radius 2 is 2.05 bits per heavy atom. The zero-order chi connectivity index (χ0) is 14.6. The van der Waals surface area contributed by atoms with Gasteiger partial charge in [-0.2, -0.15) is 13.2 Å². The molecular formula is C16H22F3N. The first-order valence-electron chi connectivity index (χ1n) is 7.40. The number of nitrogens with one attached hydrogen (secondary N) is 1. The van der Waals surface area contributed by atoms with E-state index in [0.29, 0.717) is 18.4 Å². The van der Waals surface area contributed by atoms with E-state index in [-0.39, 0.29) is 0 Å². The zero-order valence-corrected chi connectivity index (χ0v) is 11.8. The summed E-state index contributed by atoms with van der Waals surface area (Å²) in [6.45, 7) is 3.04. The minimum Gasteiger partial charge on any atom is -0.313 e. The van der Waals surface area contributed by atoms with E-state index in [1.165, 1.54) is 31.4 Å². The van der Waals surface area contributed by atoms with E-state index in [9.17, 15) is 13.2 Å². The average molecular weight is 285 g/mol. The maximum Gasteiger partial charge on any atom is 0.416 e. The summed E-state index contributed by atoms with van der Waals surface area (Å²) in [5.41, 5.74) is 0.234. The minimum atomic E-state index is -4.25. The lowest BCUT2D eigenvalue weighted by atomic mass is 9.77. The van der Waals surface area contributed by atoms with Gasteiger partial charge in [0.05, 0.1) is 5.56 Å². The predicted molar refractivity (Wildman–Crippen MR) is 74.6 cm³/mol. The van der Waals surface area contributed by atoms with Crippen LogP contribution in [0.5, 0.6) is 0 Å². The molecule has 0 saturated heterocycles. The van der Waals surface area contributed by atoms with E-state index in [1.54, 1.807) is 6.07 Å². The molecule has 1 unspecified atom stereocenters. The summed E-state index contributed by atoms with van der Waals surface area (Å²) in [4.78, 5) is 0. The molecule has 0 aliphatic heterocycles. The van der Waals surface area contributed by atoms with Crippen molar-refractivity contribution >= 4 is 0 Å². The van der Waals surface area contributed by atoms with Crippen molar-refractivity contribution in [3.05, 3.63) is 35.4 Å². The molecule has 112 valence electrons. The van der Waals surface area contributed by atoms with Gasteiger partial charge in [-0.15, -0.1) is 0 Å². The van der Waals surface area contributed by atoms with Crippen molar-refractivity contribution in [2.24, 2.45) is 5.92 Å². The molecule has 1 aliphatic rings. The SMILES string of the molecule is CCCNC(Cc1cccc(C(F)(F)F)c1)C1CCC1. The Kier molecular flexibility index (Phi) is 5.08. The van der Waals surface area contributed by atoms with Gasteiger partial charge >= 0.3 is 6.18 Å². The van der Waals surface area contributed by atoms with Gasteiger partial charge in [0.2, 0.25) is 0 Å². The summed E-state index contributed by atoms with van der Waals surface area (Å²) in [5, 5.41) is 3.50. The van der Waals surface area contributed by atoms with Gasteiger partial charge in [-0.3, -0.25) is 0 Å². The van der Waals surface area contributed by atoms with Crippen LogP contribution in [0.4, 0.5) is 13.2 Å². The summed E-state index contributed by atoms with van der Waals surface area (Å²) >= 11 is 0. The zero-order valence-electron chi connectivity index (χ0n) is 11.8. The largest absolute Gasteiger partial charge is 0.416 e. The van der Waals surface area contributed by atoms with Crippen molar-refractivity contribution in [3.63, 3.8) is 0 Å². The maximum atomic E-state index is 12.7. The lowest BCUT2D eigenvalue weighted by Crippen LogP contribution is -2.41. The van der Waals surface area contributed by atoms with E-state index in [1.807, 2.05) is 0 Å². The van der Waals surface area contributed by atoms with Crippen molar-refractivity contribution in [2.45, 2.75) is 51.2 Å². The van der Waals surface area contributed by atoms with Crippen LogP contribution in [0.15, 0.2) is 24.3 Å². The molecule has 0 radical (unpaired) electrons. The van der Waals surface area contributed by atoms with E-state index in [4.69, 9.17) is 0 Å². The first kappa shape index (κ1) is 15.4. The molecule has 4 heteroatoms. The number of rotatable bonds is 6. The van der Waals surface area contributed by atoms with Crippen molar-refractivity contribution in [1.82, 2.24) is 5.32 Å². The molecule has 1 N–H and O–H groups in total. The molecule has 0 spiro atoms. The molecule has 1 aliphatic carbocycles. The average Bonchev–Trinajstić information content (AvgIpc) is 2.33. The van der Waals surface area contributed by atoms with Crippen LogP contribution in [0.1, 0.15) is 43.7 Å². The van der Waals surface area contributed by atoms with Gasteiger partial charge in [0.1, 0.15) is 0 Å². The molecule has 0 amide bonds. The molecule has 1 nitrogen and oxygen atoms in total. The van der Waals surface area contributed by atoms with Crippen LogP contribution in [0, 0.1) is 5.92 Å². The summed E-state index contributed by atoms with van der Waals surface area (Å²) in [5.74, 6) is 0.621. The van der Waals surface area contributed by atoms with Crippen molar-refractivity contribution in [2.75, 3.05) is 6.54 Å². The molecule has 0 aromatic heterocycles. The lowest BCUT2D eigenvalue weighted by Gasteiger charge is -2.34. The number of halogens is 3. The standard InChI is InChI=1S/C16H22F3N/c1-2-9-20-15(13-6-4-7-13)11-12-5-3-8-14(10-12)16(17,18)19/h3,5,8,10,13,15,20H,2,4,6-7,9,11H2,1H3. The maximum absolute atomic E-state index is 12.7. The third-order valence-electron chi connectivity index (χ3n) is 4.09. The second kappa shape index (κ2) is 6.61. The van der Waals surface area contributed by atoms with E-state index in [2.05, 4.69) is 12.2 Å². The van der Waals surface area contributed by atoms with Crippen LogP contribution >= 0.6 is 0 Å². The molecular weight excluding hydrogens is 263 g/mol. The molecule has 1 saturated carbocycles. The minimum absolute atomic E-state index is 0.312. The first-order valence-corrected chi connectivity index (χ1v) is 7.40. The third-order valence-corrected chi connectivity index (χ3v) is 4.09. The Morgan fingerprint density at radius 3 is 2.60 bits per heavy atom. The van der Waals surface area contributed by atoms with Crippen LogP contribution in [-0.2, 0) is 12.6 Å². The Balaban J connectivity index is 2.05. The Bertz CT molecular complexity index is 424. The fraction of sp³-hybridized carbons (Fsp3) is 0.625. The predicted octanol–water partition coefficient (Wildman–Crippen LogP) is 4.42. The number of benzene rings is 1. The Hall–Kier alpha value is -1.03. The van der Waals surface area contributed by atoms with Crippen LogP contribution < -0.4 is 5.32 Å². The Morgan fingerprint density at radius 1 is 1.30 bits per heavy atom. The van der Waals surface area contributed by atoms with Crippen molar-refractivity contribution in [3.8, 4) is 0 Å². The van der Waals surface area contributed by atoms with Gasteiger partial charge < -0.3 is 5.32 Å². The number of hydrogen-bond acceptors (Lipinski definition) is 1. The molecule has 1 aromatic rings.